The van der Waals surface area contributed by atoms with Gasteiger partial charge in [-0.1, -0.05) is 20.8 Å². The van der Waals surface area contributed by atoms with Crippen molar-refractivity contribution in [2.45, 2.75) is 76.5 Å². The maximum atomic E-state index is 13.1. The number of H-pyrrole nitrogens is 1. The second-order valence-electron chi connectivity index (χ2n) is 14.6. The summed E-state index contributed by atoms with van der Waals surface area (Å²) < 4.78 is 5.26. The Hall–Kier alpha value is -2.07. The molecule has 0 unspecified atom stereocenters. The van der Waals surface area contributed by atoms with E-state index in [0.29, 0.717) is 34.0 Å². The molecule has 9 rings (SSSR count). The van der Waals surface area contributed by atoms with Crippen LogP contribution in [0.1, 0.15) is 86.4 Å². The molecule has 0 radical (unpaired) electrons. The molecule has 3 saturated heterocycles. The number of amides is 2. The Morgan fingerprint density at radius 1 is 1.08 bits per heavy atom. The largest absolute Gasteiger partial charge is 0.380 e. The van der Waals surface area contributed by atoms with Crippen LogP contribution in [0, 0.1) is 22.2 Å². The van der Waals surface area contributed by atoms with Crippen molar-refractivity contribution in [3.8, 4) is 0 Å². The fourth-order valence-corrected chi connectivity index (χ4v) is 9.44. The van der Waals surface area contributed by atoms with Crippen LogP contribution in [0.5, 0.6) is 0 Å². The van der Waals surface area contributed by atoms with Crippen molar-refractivity contribution in [3.63, 3.8) is 0 Å². The van der Waals surface area contributed by atoms with Crippen LogP contribution < -0.4 is 0 Å². The average molecular weight is 524 g/mol. The number of aromatic nitrogens is 5. The molecule has 1 spiro atoms. The highest BCUT2D eigenvalue weighted by Crippen LogP contribution is 2.77. The van der Waals surface area contributed by atoms with Gasteiger partial charge in [0.25, 0.3) is 0 Å². The molecule has 2 aromatic rings. The number of ether oxygens (including phenoxy) is 1. The Kier molecular flexibility index (Phi) is 4.52. The van der Waals surface area contributed by atoms with Gasteiger partial charge in [-0.05, 0) is 48.9 Å². The van der Waals surface area contributed by atoms with E-state index in [9.17, 15) is 4.79 Å². The molecule has 7 aliphatic rings. The Morgan fingerprint density at radius 2 is 1.81 bits per heavy atom. The van der Waals surface area contributed by atoms with Gasteiger partial charge in [-0.15, -0.1) is 21.5 Å². The minimum Gasteiger partial charge on any atom is -0.380 e. The summed E-state index contributed by atoms with van der Waals surface area (Å²) in [5.41, 5.74) is 1.33. The number of rotatable bonds is 5. The number of hydrogen-bond acceptors (Lipinski definition) is 7. The smallest absolute Gasteiger partial charge is 0.320 e. The van der Waals surface area contributed by atoms with Gasteiger partial charge in [0.05, 0.1) is 19.1 Å². The second-order valence-corrected chi connectivity index (χ2v) is 15.6. The first kappa shape index (κ1) is 22.9. The van der Waals surface area contributed by atoms with Crippen LogP contribution in [-0.2, 0) is 16.6 Å². The minimum absolute atomic E-state index is 0.252. The molecule has 3 aliphatic heterocycles. The summed E-state index contributed by atoms with van der Waals surface area (Å²) in [7, 11) is 0. The van der Waals surface area contributed by atoms with Crippen molar-refractivity contribution in [3.05, 3.63) is 21.7 Å². The Labute approximate surface area is 221 Å². The highest BCUT2D eigenvalue weighted by molar-refractivity contribution is 7.11. The number of hydrogen-bond donors (Lipinski definition) is 1. The van der Waals surface area contributed by atoms with Crippen molar-refractivity contribution in [1.29, 1.82) is 0 Å². The van der Waals surface area contributed by atoms with E-state index in [-0.39, 0.29) is 11.4 Å². The third-order valence-corrected chi connectivity index (χ3v) is 11.5. The fourth-order valence-electron chi connectivity index (χ4n) is 8.12. The number of nitrogens with zero attached hydrogens (tertiary/aromatic N) is 6. The maximum Gasteiger partial charge on any atom is 0.320 e. The van der Waals surface area contributed by atoms with E-state index in [1.807, 2.05) is 11.3 Å². The Morgan fingerprint density at radius 3 is 2.46 bits per heavy atom. The molecule has 9 nitrogen and oxygen atoms in total. The normalized spacial score (nSPS) is 32.7. The van der Waals surface area contributed by atoms with E-state index in [1.165, 1.54) is 29.3 Å². The van der Waals surface area contributed by atoms with E-state index in [2.05, 4.69) is 51.0 Å². The van der Waals surface area contributed by atoms with E-state index >= 15 is 0 Å². The van der Waals surface area contributed by atoms with Crippen LogP contribution in [0.3, 0.4) is 0 Å². The molecule has 2 aromatic heterocycles. The van der Waals surface area contributed by atoms with Crippen LogP contribution in [0.15, 0.2) is 0 Å². The van der Waals surface area contributed by atoms with Crippen molar-refractivity contribution >= 4 is 17.4 Å². The number of nitrogens with one attached hydrogen (secondary N) is 1. The van der Waals surface area contributed by atoms with Gasteiger partial charge in [-0.3, -0.25) is 5.10 Å². The van der Waals surface area contributed by atoms with E-state index in [0.717, 1.165) is 70.3 Å². The van der Waals surface area contributed by atoms with Gasteiger partial charge < -0.3 is 14.5 Å². The monoisotopic (exact) mass is 523 g/mol. The van der Waals surface area contributed by atoms with Crippen LogP contribution in [-0.4, -0.2) is 80.6 Å². The van der Waals surface area contributed by atoms with Gasteiger partial charge in [0.2, 0.25) is 0 Å². The van der Waals surface area contributed by atoms with E-state index < -0.39 is 0 Å². The lowest BCUT2D eigenvalue weighted by molar-refractivity contribution is -0.208. The van der Waals surface area contributed by atoms with Gasteiger partial charge in [0.15, 0.2) is 5.82 Å². The maximum absolute atomic E-state index is 13.1. The summed E-state index contributed by atoms with van der Waals surface area (Å²) in [6.45, 7) is 12.0. The first-order valence-corrected chi connectivity index (χ1v) is 14.8. The summed E-state index contributed by atoms with van der Waals surface area (Å²) >= 11 is 1.84. The zero-order valence-electron chi connectivity index (χ0n) is 22.1. The quantitative estimate of drug-likeness (QED) is 0.641. The fraction of sp³-hybridized carbons (Fsp3) is 0.815. The number of aromatic amines is 1. The number of carbonyl (C=O) groups is 1. The number of likely N-dealkylation sites (tertiary alicyclic amines) is 2. The first-order chi connectivity index (χ1) is 17.6. The molecule has 2 amide bonds. The third kappa shape index (κ3) is 3.40. The lowest BCUT2D eigenvalue weighted by atomic mass is 9.31. The third-order valence-electron chi connectivity index (χ3n) is 10.3. The SMILES string of the molecule is CC(C)(C)Cc1nnc(C23CC(C4CN(C(=O)N5CC6(CC(c7nc(C8COC8)n[nH]7)C6)C5)C4)(C2)C3)s1. The standard InChI is InChI=1S/C27H37N7O2S/c1-24(2,3)6-19-29-32-22(37-19)27-11-26(12-27,13-27)18-7-33(8-18)23(35)34-14-25(15-34)4-16(5-25)20-28-21(31-30-20)17-9-36-10-17/h16-18H,4-15H2,1-3H3,(H,28,30,31). The summed E-state index contributed by atoms with van der Waals surface area (Å²) in [5.74, 6) is 3.43. The van der Waals surface area contributed by atoms with Gasteiger partial charge in [-0.2, -0.15) is 5.10 Å². The van der Waals surface area contributed by atoms with Gasteiger partial charge in [0, 0.05) is 49.3 Å². The summed E-state index contributed by atoms with van der Waals surface area (Å²) in [5, 5.41) is 19.1. The molecule has 0 atom stereocenters. The molecule has 4 saturated carbocycles. The van der Waals surface area contributed by atoms with Crippen LogP contribution in [0.2, 0.25) is 0 Å². The zero-order valence-corrected chi connectivity index (χ0v) is 22.9. The van der Waals surface area contributed by atoms with Crippen molar-refractivity contribution in [2.75, 3.05) is 39.4 Å². The number of carbonyl (C=O) groups excluding carboxylic acids is 1. The Bertz CT molecular complexity index is 1220. The first-order valence-electron chi connectivity index (χ1n) is 14.0. The van der Waals surface area contributed by atoms with E-state index in [1.54, 1.807) is 0 Å². The second kappa shape index (κ2) is 7.31. The van der Waals surface area contributed by atoms with Gasteiger partial charge in [-0.25, -0.2) is 9.78 Å². The molecule has 1 N–H and O–H groups in total. The molecule has 37 heavy (non-hydrogen) atoms. The van der Waals surface area contributed by atoms with Gasteiger partial charge >= 0.3 is 6.03 Å². The lowest BCUT2D eigenvalue weighted by Crippen LogP contribution is -2.74. The molecule has 2 bridgehead atoms. The van der Waals surface area contributed by atoms with Gasteiger partial charge in [0.1, 0.15) is 15.8 Å². The summed E-state index contributed by atoms with van der Waals surface area (Å²) in [6.07, 6.45) is 6.99. The molecule has 7 fully saturated rings. The van der Waals surface area contributed by atoms with Crippen molar-refractivity contribution in [1.82, 2.24) is 35.2 Å². The predicted octanol–water partition coefficient (Wildman–Crippen LogP) is 3.71. The van der Waals surface area contributed by atoms with Crippen LogP contribution in [0.25, 0.3) is 0 Å². The molecule has 10 heteroatoms. The molecular formula is C27H37N7O2S. The molecule has 5 heterocycles. The Balaban J connectivity index is 0.791. The topological polar surface area (TPSA) is 100 Å². The van der Waals surface area contributed by atoms with Crippen molar-refractivity contribution < 1.29 is 9.53 Å². The highest BCUT2D eigenvalue weighted by atomic mass is 32.1. The molecule has 4 aliphatic carbocycles. The lowest BCUT2D eigenvalue weighted by Gasteiger charge is -2.74. The predicted molar refractivity (Wildman–Crippen MR) is 137 cm³/mol. The van der Waals surface area contributed by atoms with Crippen LogP contribution >= 0.6 is 11.3 Å². The van der Waals surface area contributed by atoms with E-state index in [4.69, 9.17) is 9.72 Å². The number of urea groups is 1. The zero-order chi connectivity index (χ0) is 25.2. The molecule has 198 valence electrons. The van der Waals surface area contributed by atoms with Crippen LogP contribution in [0.4, 0.5) is 4.79 Å². The summed E-state index contributed by atoms with van der Waals surface area (Å²) in [4.78, 5) is 22.0. The highest BCUT2D eigenvalue weighted by Gasteiger charge is 2.73. The minimum atomic E-state index is 0.252. The summed E-state index contributed by atoms with van der Waals surface area (Å²) in [6, 6.07) is 0.259. The molecule has 0 aromatic carbocycles. The average Bonchev–Trinajstić information content (AvgIpc) is 3.26. The molecular weight excluding hydrogens is 486 g/mol. The van der Waals surface area contributed by atoms with Crippen molar-refractivity contribution in [2.24, 2.45) is 22.2 Å².